The Hall–Kier alpha value is -0.550. The lowest BCUT2D eigenvalue weighted by molar-refractivity contribution is -0.119. The molecule has 0 aromatic heterocycles. The van der Waals surface area contributed by atoms with E-state index in [4.69, 9.17) is 4.74 Å². The van der Waals surface area contributed by atoms with E-state index in [9.17, 15) is 4.79 Å². The Labute approximate surface area is 136 Å². The number of carbonyl (C=O) groups is 1. The van der Waals surface area contributed by atoms with Gasteiger partial charge in [-0.15, -0.1) is 0 Å². The van der Waals surface area contributed by atoms with E-state index < -0.39 is 0 Å². The van der Waals surface area contributed by atoms with Gasteiger partial charge in [-0.25, -0.2) is 0 Å². The first-order valence-corrected chi connectivity index (χ1v) is 8.50. The third kappa shape index (κ3) is 3.37. The van der Waals surface area contributed by atoms with Gasteiger partial charge in [-0.05, 0) is 59.8 Å². The van der Waals surface area contributed by atoms with Gasteiger partial charge in [0.25, 0.3) is 0 Å². The molecule has 110 valence electrons. The van der Waals surface area contributed by atoms with Gasteiger partial charge in [-0.2, -0.15) is 0 Å². The van der Waals surface area contributed by atoms with E-state index in [1.165, 1.54) is 0 Å². The van der Waals surface area contributed by atoms with Crippen molar-refractivity contribution in [3.05, 3.63) is 26.6 Å². The Morgan fingerprint density at radius 3 is 2.65 bits per heavy atom. The van der Waals surface area contributed by atoms with E-state index >= 15 is 0 Å². The Morgan fingerprint density at radius 1 is 1.35 bits per heavy atom. The minimum atomic E-state index is -0.136. The molecule has 0 bridgehead atoms. The van der Waals surface area contributed by atoms with Gasteiger partial charge in [0, 0.05) is 16.4 Å². The van der Waals surface area contributed by atoms with Crippen molar-refractivity contribution in [3.63, 3.8) is 0 Å². The van der Waals surface area contributed by atoms with Crippen molar-refractivity contribution in [1.29, 1.82) is 0 Å². The monoisotopic (exact) mass is 403 g/mol. The molecule has 2 rings (SSSR count). The van der Waals surface area contributed by atoms with Gasteiger partial charge < -0.3 is 10.1 Å². The van der Waals surface area contributed by atoms with Gasteiger partial charge >= 0.3 is 0 Å². The molecule has 1 amide bonds. The molecule has 1 aromatic rings. The van der Waals surface area contributed by atoms with Gasteiger partial charge in [-0.3, -0.25) is 4.79 Å². The molecule has 5 heteroatoms. The summed E-state index contributed by atoms with van der Waals surface area (Å²) >= 11 is 7.08. The first kappa shape index (κ1) is 15.8. The largest absolute Gasteiger partial charge is 0.492 e. The highest BCUT2D eigenvalue weighted by molar-refractivity contribution is 9.11. The summed E-state index contributed by atoms with van der Waals surface area (Å²) in [7, 11) is 0. The lowest BCUT2D eigenvalue weighted by Crippen LogP contribution is -2.43. The summed E-state index contributed by atoms with van der Waals surface area (Å²) in [4.78, 5) is 11.6. The van der Waals surface area contributed by atoms with E-state index in [0.29, 0.717) is 13.0 Å². The third-order valence-electron chi connectivity index (χ3n) is 3.81. The molecule has 1 fully saturated rings. The predicted octanol–water partition coefficient (Wildman–Crippen LogP) is 4.21. The maximum atomic E-state index is 11.6. The fourth-order valence-corrected chi connectivity index (χ4v) is 4.14. The van der Waals surface area contributed by atoms with Gasteiger partial charge in [0.1, 0.15) is 5.75 Å². The molecular formula is C15H19Br2NO2. The second-order valence-electron chi connectivity index (χ2n) is 5.17. The molecule has 1 unspecified atom stereocenters. The fraction of sp³-hybridized carbons (Fsp3) is 0.533. The average Bonchev–Trinajstić information content (AvgIpc) is 2.76. The molecule has 1 saturated heterocycles. The number of rotatable bonds is 5. The van der Waals surface area contributed by atoms with Gasteiger partial charge in [0.15, 0.2) is 0 Å². The zero-order valence-electron chi connectivity index (χ0n) is 11.8. The maximum absolute atomic E-state index is 11.6. The van der Waals surface area contributed by atoms with Crippen molar-refractivity contribution in [2.45, 2.75) is 45.1 Å². The number of hydrogen-bond acceptors (Lipinski definition) is 2. The average molecular weight is 405 g/mol. The van der Waals surface area contributed by atoms with Crippen LogP contribution in [-0.2, 0) is 11.2 Å². The van der Waals surface area contributed by atoms with Crippen molar-refractivity contribution in [3.8, 4) is 5.75 Å². The number of nitrogens with one attached hydrogen (secondary N) is 1. The first-order chi connectivity index (χ1) is 9.49. The summed E-state index contributed by atoms with van der Waals surface area (Å²) in [6, 6.07) is 4.07. The predicted molar refractivity (Wildman–Crippen MR) is 87.1 cm³/mol. The second-order valence-corrected chi connectivity index (χ2v) is 6.94. The third-order valence-corrected chi connectivity index (χ3v) is 4.86. The number of carbonyl (C=O) groups excluding carboxylic acids is 1. The van der Waals surface area contributed by atoms with Crippen LogP contribution in [0.15, 0.2) is 21.1 Å². The van der Waals surface area contributed by atoms with Crippen molar-refractivity contribution >= 4 is 37.8 Å². The lowest BCUT2D eigenvalue weighted by atomic mass is 9.86. The summed E-state index contributed by atoms with van der Waals surface area (Å²) in [5, 5.41) is 3.15. The van der Waals surface area contributed by atoms with Crippen LogP contribution in [0.5, 0.6) is 5.75 Å². The van der Waals surface area contributed by atoms with Crippen LogP contribution in [0.3, 0.4) is 0 Å². The summed E-state index contributed by atoms with van der Waals surface area (Å²) < 4.78 is 7.73. The van der Waals surface area contributed by atoms with Crippen LogP contribution in [0, 0.1) is 0 Å². The highest BCUT2D eigenvalue weighted by Gasteiger charge is 2.37. The molecular weight excluding hydrogens is 386 g/mol. The first-order valence-electron chi connectivity index (χ1n) is 6.91. The van der Waals surface area contributed by atoms with Crippen LogP contribution in [0.1, 0.15) is 38.7 Å². The fourth-order valence-electron chi connectivity index (χ4n) is 2.71. The SMILES string of the molecule is CCOc1c(Br)cc(Br)cc1CC1(CC)CCC(=O)N1. The minimum absolute atomic E-state index is 0.136. The van der Waals surface area contributed by atoms with Crippen molar-refractivity contribution < 1.29 is 9.53 Å². The number of benzene rings is 1. The molecule has 0 saturated carbocycles. The molecule has 0 spiro atoms. The Morgan fingerprint density at radius 2 is 2.10 bits per heavy atom. The van der Waals surface area contributed by atoms with Crippen LogP contribution in [0.4, 0.5) is 0 Å². The van der Waals surface area contributed by atoms with Crippen molar-refractivity contribution in [2.75, 3.05) is 6.61 Å². The Bertz CT molecular complexity index is 519. The van der Waals surface area contributed by atoms with Crippen LogP contribution in [0.2, 0.25) is 0 Å². The summed E-state index contributed by atoms with van der Waals surface area (Å²) in [6.07, 6.45) is 3.22. The summed E-state index contributed by atoms with van der Waals surface area (Å²) in [6.45, 7) is 4.73. The molecule has 3 nitrogen and oxygen atoms in total. The Balaban J connectivity index is 2.34. The molecule has 0 aliphatic carbocycles. The molecule has 1 aliphatic heterocycles. The Kier molecular flexibility index (Phi) is 5.13. The smallest absolute Gasteiger partial charge is 0.220 e. The number of amides is 1. The number of hydrogen-bond donors (Lipinski definition) is 1. The van der Waals surface area contributed by atoms with E-state index in [1.807, 2.05) is 13.0 Å². The van der Waals surface area contributed by atoms with Crippen LogP contribution in [0.25, 0.3) is 0 Å². The van der Waals surface area contributed by atoms with E-state index in [2.05, 4.69) is 50.2 Å². The molecule has 1 aliphatic rings. The summed E-state index contributed by atoms with van der Waals surface area (Å²) in [5.74, 6) is 1.03. The zero-order chi connectivity index (χ0) is 14.8. The van der Waals surface area contributed by atoms with Crippen LogP contribution < -0.4 is 10.1 Å². The molecule has 20 heavy (non-hydrogen) atoms. The maximum Gasteiger partial charge on any atom is 0.220 e. The van der Waals surface area contributed by atoms with E-state index in [0.717, 1.165) is 39.5 Å². The second kappa shape index (κ2) is 6.48. The van der Waals surface area contributed by atoms with Gasteiger partial charge in [0.05, 0.1) is 11.1 Å². The molecule has 0 radical (unpaired) electrons. The number of ether oxygens (including phenoxy) is 1. The van der Waals surface area contributed by atoms with Gasteiger partial charge in [0.2, 0.25) is 5.91 Å². The molecule has 1 aromatic carbocycles. The summed E-state index contributed by atoms with van der Waals surface area (Å²) in [5.41, 5.74) is 0.987. The lowest BCUT2D eigenvalue weighted by Gasteiger charge is -2.29. The van der Waals surface area contributed by atoms with E-state index in [1.54, 1.807) is 0 Å². The normalized spacial score (nSPS) is 21.9. The topological polar surface area (TPSA) is 38.3 Å². The molecule has 1 heterocycles. The van der Waals surface area contributed by atoms with Crippen molar-refractivity contribution in [2.24, 2.45) is 0 Å². The highest BCUT2D eigenvalue weighted by Crippen LogP contribution is 2.37. The van der Waals surface area contributed by atoms with Crippen molar-refractivity contribution in [1.82, 2.24) is 5.32 Å². The van der Waals surface area contributed by atoms with E-state index in [-0.39, 0.29) is 11.4 Å². The minimum Gasteiger partial charge on any atom is -0.492 e. The highest BCUT2D eigenvalue weighted by atomic mass is 79.9. The van der Waals surface area contributed by atoms with Crippen LogP contribution >= 0.6 is 31.9 Å². The van der Waals surface area contributed by atoms with Gasteiger partial charge in [-0.1, -0.05) is 22.9 Å². The molecule has 1 N–H and O–H groups in total. The molecule has 1 atom stereocenters. The quantitative estimate of drug-likeness (QED) is 0.798. The van der Waals surface area contributed by atoms with Crippen LogP contribution in [-0.4, -0.2) is 18.1 Å². The number of halogens is 2. The zero-order valence-corrected chi connectivity index (χ0v) is 14.9. The standard InChI is InChI=1S/C15H19Br2NO2/c1-3-15(6-5-13(19)18-15)9-10-7-11(16)8-12(17)14(10)20-4-2/h7-8H,3-6,9H2,1-2H3,(H,18,19).